The van der Waals surface area contributed by atoms with Gasteiger partial charge in [0.1, 0.15) is 6.10 Å². The lowest BCUT2D eigenvalue weighted by Gasteiger charge is -2.32. The van der Waals surface area contributed by atoms with Gasteiger partial charge in [-0.1, -0.05) is 36.4 Å². The lowest BCUT2D eigenvalue weighted by Crippen LogP contribution is -2.41. The molecule has 0 aliphatic carbocycles. The Labute approximate surface area is 102 Å². The van der Waals surface area contributed by atoms with E-state index < -0.39 is 0 Å². The number of rotatable bonds is 2. The molecule has 1 aliphatic heterocycles. The number of benzene rings is 1. The molecule has 0 N–H and O–H groups in total. The minimum absolute atomic E-state index is 0.000781. The Morgan fingerprint density at radius 3 is 2.88 bits per heavy atom. The fourth-order valence-electron chi connectivity index (χ4n) is 1.97. The van der Waals surface area contributed by atoms with Crippen LogP contribution in [-0.2, 0) is 9.53 Å². The van der Waals surface area contributed by atoms with Gasteiger partial charge in [-0.15, -0.1) is 0 Å². The third-order valence-electron chi connectivity index (χ3n) is 2.86. The number of amides is 1. The van der Waals surface area contributed by atoms with E-state index in [1.54, 1.807) is 12.2 Å². The maximum atomic E-state index is 11.8. The molecular weight excluding hydrogens is 214 g/mol. The zero-order valence-electron chi connectivity index (χ0n) is 10.0. The Morgan fingerprint density at radius 2 is 2.18 bits per heavy atom. The van der Waals surface area contributed by atoms with Crippen LogP contribution in [0.25, 0.3) is 0 Å². The minimum atomic E-state index is -0.000781. The molecule has 17 heavy (non-hydrogen) atoms. The second kappa shape index (κ2) is 5.64. The van der Waals surface area contributed by atoms with Crippen molar-refractivity contribution in [3.05, 3.63) is 48.0 Å². The van der Waals surface area contributed by atoms with Crippen molar-refractivity contribution in [1.29, 1.82) is 0 Å². The topological polar surface area (TPSA) is 29.5 Å². The van der Waals surface area contributed by atoms with Gasteiger partial charge in [0.2, 0.25) is 5.91 Å². The van der Waals surface area contributed by atoms with Crippen molar-refractivity contribution in [3.8, 4) is 0 Å². The lowest BCUT2D eigenvalue weighted by atomic mass is 10.1. The summed E-state index contributed by atoms with van der Waals surface area (Å²) in [6.45, 7) is 3.76. The summed E-state index contributed by atoms with van der Waals surface area (Å²) in [5.41, 5.74) is 1.13. The Bertz CT molecular complexity index is 400. The molecule has 1 fully saturated rings. The molecule has 2 rings (SSSR count). The number of nitrogens with zero attached hydrogens (tertiary/aromatic N) is 1. The number of carbonyl (C=O) groups excluding carboxylic acids is 1. The van der Waals surface area contributed by atoms with Gasteiger partial charge in [-0.25, -0.2) is 0 Å². The normalized spacial score (nSPS) is 20.8. The molecule has 1 amide bonds. The maximum Gasteiger partial charge on any atom is 0.246 e. The predicted molar refractivity (Wildman–Crippen MR) is 66.5 cm³/mol. The van der Waals surface area contributed by atoms with Crippen LogP contribution in [-0.4, -0.2) is 30.5 Å². The lowest BCUT2D eigenvalue weighted by molar-refractivity contribution is -0.133. The summed E-state index contributed by atoms with van der Waals surface area (Å²) in [7, 11) is 0. The second-order valence-corrected chi connectivity index (χ2v) is 4.05. The van der Waals surface area contributed by atoms with E-state index in [1.165, 1.54) is 0 Å². The summed E-state index contributed by atoms with van der Waals surface area (Å²) in [4.78, 5) is 13.6. The molecule has 1 aromatic rings. The van der Waals surface area contributed by atoms with Gasteiger partial charge in [0.25, 0.3) is 0 Å². The van der Waals surface area contributed by atoms with Gasteiger partial charge in [0.15, 0.2) is 0 Å². The van der Waals surface area contributed by atoms with Gasteiger partial charge < -0.3 is 9.64 Å². The van der Waals surface area contributed by atoms with Crippen LogP contribution >= 0.6 is 0 Å². The van der Waals surface area contributed by atoms with Crippen LogP contribution < -0.4 is 0 Å². The van der Waals surface area contributed by atoms with E-state index in [4.69, 9.17) is 4.74 Å². The first-order chi connectivity index (χ1) is 8.31. The van der Waals surface area contributed by atoms with E-state index in [9.17, 15) is 4.79 Å². The van der Waals surface area contributed by atoms with E-state index in [-0.39, 0.29) is 12.0 Å². The molecule has 1 heterocycles. The molecule has 90 valence electrons. The summed E-state index contributed by atoms with van der Waals surface area (Å²) >= 11 is 0. The molecule has 1 unspecified atom stereocenters. The van der Waals surface area contributed by atoms with Crippen molar-refractivity contribution in [3.63, 3.8) is 0 Å². The Kier molecular flexibility index (Phi) is 3.94. The van der Waals surface area contributed by atoms with E-state index in [1.807, 2.05) is 42.2 Å². The zero-order chi connectivity index (χ0) is 12.1. The number of ether oxygens (including phenoxy) is 1. The number of hydrogen-bond acceptors (Lipinski definition) is 2. The van der Waals surface area contributed by atoms with E-state index in [0.29, 0.717) is 19.7 Å². The first-order valence-electron chi connectivity index (χ1n) is 5.89. The number of allylic oxidation sites excluding steroid dienone is 1. The Hall–Kier alpha value is -1.61. The van der Waals surface area contributed by atoms with Gasteiger partial charge >= 0.3 is 0 Å². The van der Waals surface area contributed by atoms with Crippen LogP contribution in [0.2, 0.25) is 0 Å². The van der Waals surface area contributed by atoms with Crippen molar-refractivity contribution < 1.29 is 9.53 Å². The SMILES string of the molecule is CC=CC(=O)N1CCOC(c2ccccc2)C1. The summed E-state index contributed by atoms with van der Waals surface area (Å²) in [5.74, 6) is 0.0664. The fraction of sp³-hybridized carbons (Fsp3) is 0.357. The first kappa shape index (κ1) is 11.9. The van der Waals surface area contributed by atoms with Crippen LogP contribution in [0.3, 0.4) is 0 Å². The standard InChI is InChI=1S/C14H17NO2/c1-2-6-14(16)15-9-10-17-13(11-15)12-7-4-3-5-8-12/h2-8,13H,9-11H2,1H3. The second-order valence-electron chi connectivity index (χ2n) is 4.05. The molecule has 1 saturated heterocycles. The van der Waals surface area contributed by atoms with Crippen LogP contribution in [0.5, 0.6) is 0 Å². The molecular formula is C14H17NO2. The van der Waals surface area contributed by atoms with Gasteiger partial charge in [-0.2, -0.15) is 0 Å². The summed E-state index contributed by atoms with van der Waals surface area (Å²) in [5, 5.41) is 0. The van der Waals surface area contributed by atoms with Gasteiger partial charge in [-0.05, 0) is 18.6 Å². The molecule has 3 nitrogen and oxygen atoms in total. The van der Waals surface area contributed by atoms with Crippen molar-refractivity contribution in [2.45, 2.75) is 13.0 Å². The molecule has 0 spiro atoms. The number of hydrogen-bond donors (Lipinski definition) is 0. The molecule has 0 saturated carbocycles. The fourth-order valence-corrected chi connectivity index (χ4v) is 1.97. The number of morpholine rings is 1. The molecule has 3 heteroatoms. The van der Waals surface area contributed by atoms with E-state index in [0.717, 1.165) is 5.56 Å². The van der Waals surface area contributed by atoms with Gasteiger partial charge in [-0.3, -0.25) is 4.79 Å². The first-order valence-corrected chi connectivity index (χ1v) is 5.89. The molecule has 1 aliphatic rings. The highest BCUT2D eigenvalue weighted by Crippen LogP contribution is 2.21. The van der Waals surface area contributed by atoms with E-state index >= 15 is 0 Å². The monoisotopic (exact) mass is 231 g/mol. The van der Waals surface area contributed by atoms with Crippen LogP contribution in [0.1, 0.15) is 18.6 Å². The van der Waals surface area contributed by atoms with Crippen LogP contribution in [0, 0.1) is 0 Å². The zero-order valence-corrected chi connectivity index (χ0v) is 10.0. The highest BCUT2D eigenvalue weighted by molar-refractivity contribution is 5.87. The highest BCUT2D eigenvalue weighted by Gasteiger charge is 2.23. The van der Waals surface area contributed by atoms with Crippen LogP contribution in [0.4, 0.5) is 0 Å². The highest BCUT2D eigenvalue weighted by atomic mass is 16.5. The third kappa shape index (κ3) is 2.94. The van der Waals surface area contributed by atoms with Crippen molar-refractivity contribution in [2.75, 3.05) is 19.7 Å². The average molecular weight is 231 g/mol. The predicted octanol–water partition coefficient (Wildman–Crippen LogP) is 2.16. The van der Waals surface area contributed by atoms with Crippen molar-refractivity contribution in [2.24, 2.45) is 0 Å². The molecule has 0 aromatic heterocycles. The van der Waals surface area contributed by atoms with Gasteiger partial charge in [0, 0.05) is 6.54 Å². The van der Waals surface area contributed by atoms with Crippen molar-refractivity contribution in [1.82, 2.24) is 4.90 Å². The summed E-state index contributed by atoms with van der Waals surface area (Å²) < 4.78 is 5.70. The average Bonchev–Trinajstić information content (AvgIpc) is 2.40. The van der Waals surface area contributed by atoms with Crippen LogP contribution in [0.15, 0.2) is 42.5 Å². The van der Waals surface area contributed by atoms with E-state index in [2.05, 4.69) is 0 Å². The molecule has 0 radical (unpaired) electrons. The van der Waals surface area contributed by atoms with Gasteiger partial charge in [0.05, 0.1) is 13.2 Å². The molecule has 0 bridgehead atoms. The minimum Gasteiger partial charge on any atom is -0.370 e. The number of carbonyl (C=O) groups is 1. The third-order valence-corrected chi connectivity index (χ3v) is 2.86. The smallest absolute Gasteiger partial charge is 0.246 e. The summed E-state index contributed by atoms with van der Waals surface area (Å²) in [6.07, 6.45) is 3.38. The maximum absolute atomic E-state index is 11.8. The largest absolute Gasteiger partial charge is 0.370 e. The molecule has 1 aromatic carbocycles. The Morgan fingerprint density at radius 1 is 1.41 bits per heavy atom. The molecule has 1 atom stereocenters. The quantitative estimate of drug-likeness (QED) is 0.730. The Balaban J connectivity index is 2.05. The van der Waals surface area contributed by atoms with Crippen molar-refractivity contribution >= 4 is 5.91 Å². The summed E-state index contributed by atoms with van der Waals surface area (Å²) in [6, 6.07) is 10.0.